The summed E-state index contributed by atoms with van der Waals surface area (Å²) in [6, 6.07) is 6.17. The zero-order chi connectivity index (χ0) is 18.6. The summed E-state index contributed by atoms with van der Waals surface area (Å²) in [5.41, 5.74) is 3.59. The molecule has 0 unspecified atom stereocenters. The maximum atomic E-state index is 5.54. The molecular formula is C20H25BrN4OS. The number of hydrogen-bond acceptors (Lipinski definition) is 6. The third-order valence-electron chi connectivity index (χ3n) is 4.92. The molecule has 0 bridgehead atoms. The smallest absolute Gasteiger partial charge is 0.137 e. The van der Waals surface area contributed by atoms with Gasteiger partial charge >= 0.3 is 0 Å². The van der Waals surface area contributed by atoms with Crippen LogP contribution < -0.4 is 20.7 Å². The van der Waals surface area contributed by atoms with Crippen LogP contribution in [0.15, 0.2) is 57.1 Å². The minimum absolute atomic E-state index is 0.842. The van der Waals surface area contributed by atoms with Crippen molar-refractivity contribution in [2.45, 2.75) is 18.6 Å². The van der Waals surface area contributed by atoms with Crippen molar-refractivity contribution in [3.63, 3.8) is 0 Å². The summed E-state index contributed by atoms with van der Waals surface area (Å²) in [5, 5.41) is 12.0. The Morgan fingerprint density at radius 1 is 1.11 bits per heavy atom. The molecule has 1 fully saturated rings. The summed E-state index contributed by atoms with van der Waals surface area (Å²) in [6.07, 6.45) is 6.77. The lowest BCUT2D eigenvalue weighted by molar-refractivity contribution is 0.281. The molecule has 2 aliphatic heterocycles. The van der Waals surface area contributed by atoms with Crippen molar-refractivity contribution in [3.8, 4) is 5.75 Å². The third-order valence-corrected chi connectivity index (χ3v) is 6.45. The molecule has 3 N–H and O–H groups in total. The van der Waals surface area contributed by atoms with Crippen molar-refractivity contribution in [2.75, 3.05) is 33.3 Å². The van der Waals surface area contributed by atoms with Gasteiger partial charge in [-0.2, -0.15) is 0 Å². The molecule has 0 radical (unpaired) electrons. The summed E-state index contributed by atoms with van der Waals surface area (Å²) in [4.78, 5) is 2.44. The van der Waals surface area contributed by atoms with Gasteiger partial charge in [-0.1, -0.05) is 39.8 Å². The normalized spacial score (nSPS) is 19.6. The lowest BCUT2D eigenvalue weighted by Crippen LogP contribution is -2.48. The van der Waals surface area contributed by atoms with Crippen molar-refractivity contribution >= 4 is 27.7 Å². The number of rotatable bonds is 5. The molecule has 0 amide bonds. The molecule has 7 heteroatoms. The Hall–Kier alpha value is -1.57. The van der Waals surface area contributed by atoms with E-state index in [2.05, 4.69) is 55.0 Å². The van der Waals surface area contributed by atoms with Crippen LogP contribution in [0.4, 0.5) is 0 Å². The molecule has 144 valence electrons. The fourth-order valence-electron chi connectivity index (χ4n) is 3.50. The summed E-state index contributed by atoms with van der Waals surface area (Å²) in [7, 11) is 1.73. The van der Waals surface area contributed by atoms with Gasteiger partial charge in [0.05, 0.1) is 18.5 Å². The Labute approximate surface area is 173 Å². The lowest BCUT2D eigenvalue weighted by Gasteiger charge is -2.38. The molecule has 0 spiro atoms. The Bertz CT molecular complexity index is 799. The largest absolute Gasteiger partial charge is 0.496 e. The zero-order valence-corrected chi connectivity index (χ0v) is 17.9. The van der Waals surface area contributed by atoms with Crippen LogP contribution in [-0.4, -0.2) is 38.2 Å². The Morgan fingerprint density at radius 3 is 2.59 bits per heavy atom. The van der Waals surface area contributed by atoms with E-state index in [1.807, 2.05) is 23.9 Å². The summed E-state index contributed by atoms with van der Waals surface area (Å²) >= 11 is 5.40. The van der Waals surface area contributed by atoms with E-state index in [1.54, 1.807) is 7.11 Å². The first-order valence-corrected chi connectivity index (χ1v) is 11.1. The standard InChI is InChI=1S/C20H25BrN4OS/c1-26-18-7-6-15(21)12-14(18)13-27-20-19(25-10-8-22-9-11-25)23-16-4-2-3-5-17(16)24-20/h4-7,12,22-24H,2-3,8-11,13H2,1H3. The van der Waals surface area contributed by atoms with Crippen LogP contribution in [0.2, 0.25) is 0 Å². The number of piperazine rings is 1. The van der Waals surface area contributed by atoms with Crippen molar-refractivity contribution < 1.29 is 4.74 Å². The molecule has 0 atom stereocenters. The van der Waals surface area contributed by atoms with Gasteiger partial charge in [-0.05, 0) is 31.0 Å². The van der Waals surface area contributed by atoms with E-state index in [0.717, 1.165) is 55.0 Å². The zero-order valence-electron chi connectivity index (χ0n) is 15.5. The molecule has 3 aliphatic rings. The molecule has 1 saturated heterocycles. The summed E-state index contributed by atoms with van der Waals surface area (Å²) < 4.78 is 6.62. The molecule has 1 aromatic carbocycles. The number of nitrogens with zero attached hydrogens (tertiary/aromatic N) is 1. The first-order valence-electron chi connectivity index (χ1n) is 9.34. The summed E-state index contributed by atoms with van der Waals surface area (Å²) in [5.74, 6) is 2.96. The van der Waals surface area contributed by atoms with Gasteiger partial charge in [0.15, 0.2) is 0 Å². The van der Waals surface area contributed by atoms with Crippen LogP contribution in [0, 0.1) is 0 Å². The fourth-order valence-corrected chi connectivity index (χ4v) is 4.94. The number of thioether (sulfide) groups is 1. The first-order chi connectivity index (χ1) is 13.2. The van der Waals surface area contributed by atoms with E-state index >= 15 is 0 Å². The Balaban J connectivity index is 1.60. The summed E-state index contributed by atoms with van der Waals surface area (Å²) in [6.45, 7) is 4.07. The topological polar surface area (TPSA) is 48.6 Å². The number of allylic oxidation sites excluding steroid dienone is 2. The predicted octanol–water partition coefficient (Wildman–Crippen LogP) is 3.48. The van der Waals surface area contributed by atoms with E-state index in [-0.39, 0.29) is 0 Å². The number of fused-ring (bicyclic) bond motifs is 1. The molecule has 27 heavy (non-hydrogen) atoms. The Morgan fingerprint density at radius 2 is 1.85 bits per heavy atom. The van der Waals surface area contributed by atoms with Gasteiger partial charge in [0.25, 0.3) is 0 Å². The van der Waals surface area contributed by atoms with E-state index in [9.17, 15) is 0 Å². The number of halogens is 1. The Kier molecular flexibility index (Phi) is 6.00. The maximum absolute atomic E-state index is 5.54. The van der Waals surface area contributed by atoms with Crippen LogP contribution in [0.3, 0.4) is 0 Å². The second kappa shape index (κ2) is 8.63. The highest BCUT2D eigenvalue weighted by Crippen LogP contribution is 2.34. The highest BCUT2D eigenvalue weighted by Gasteiger charge is 2.26. The van der Waals surface area contributed by atoms with Crippen molar-refractivity contribution in [1.82, 2.24) is 20.9 Å². The van der Waals surface area contributed by atoms with E-state index < -0.39 is 0 Å². The van der Waals surface area contributed by atoms with Crippen LogP contribution in [0.1, 0.15) is 18.4 Å². The molecule has 1 aromatic rings. The molecule has 2 heterocycles. The first kappa shape index (κ1) is 18.8. The second-order valence-electron chi connectivity index (χ2n) is 6.72. The molecule has 0 saturated carbocycles. The van der Waals surface area contributed by atoms with Crippen molar-refractivity contribution in [1.29, 1.82) is 0 Å². The van der Waals surface area contributed by atoms with Gasteiger partial charge in [-0.3, -0.25) is 0 Å². The lowest BCUT2D eigenvalue weighted by atomic mass is 10.1. The number of benzene rings is 1. The van der Waals surface area contributed by atoms with Crippen LogP contribution >= 0.6 is 27.7 Å². The highest BCUT2D eigenvalue weighted by molar-refractivity contribution is 9.10. The average molecular weight is 449 g/mol. The minimum Gasteiger partial charge on any atom is -0.496 e. The second-order valence-corrected chi connectivity index (χ2v) is 8.62. The fraction of sp³-hybridized carbons (Fsp3) is 0.400. The van der Waals surface area contributed by atoms with E-state index in [1.165, 1.54) is 27.8 Å². The minimum atomic E-state index is 0.842. The van der Waals surface area contributed by atoms with Crippen molar-refractivity contribution in [2.24, 2.45) is 0 Å². The number of ether oxygens (including phenoxy) is 1. The average Bonchev–Trinajstić information content (AvgIpc) is 2.72. The van der Waals surface area contributed by atoms with Gasteiger partial charge in [-0.15, -0.1) is 0 Å². The van der Waals surface area contributed by atoms with Gasteiger partial charge in [0.1, 0.15) is 16.6 Å². The molecule has 4 rings (SSSR count). The number of nitrogens with one attached hydrogen (secondary N) is 3. The quantitative estimate of drug-likeness (QED) is 0.640. The molecule has 1 aliphatic carbocycles. The highest BCUT2D eigenvalue weighted by atomic mass is 79.9. The molecule has 5 nitrogen and oxygen atoms in total. The van der Waals surface area contributed by atoms with Gasteiger partial charge in [0, 0.05) is 42.0 Å². The van der Waals surface area contributed by atoms with Gasteiger partial charge in [-0.25, -0.2) is 0 Å². The van der Waals surface area contributed by atoms with E-state index in [0.29, 0.717) is 0 Å². The monoisotopic (exact) mass is 448 g/mol. The molecule has 0 aromatic heterocycles. The predicted molar refractivity (Wildman–Crippen MR) is 115 cm³/mol. The van der Waals surface area contributed by atoms with E-state index in [4.69, 9.17) is 4.74 Å². The van der Waals surface area contributed by atoms with Crippen LogP contribution in [0.25, 0.3) is 0 Å². The van der Waals surface area contributed by atoms with Crippen LogP contribution in [-0.2, 0) is 5.75 Å². The van der Waals surface area contributed by atoms with Gasteiger partial charge < -0.3 is 25.6 Å². The number of methoxy groups -OCH3 is 1. The SMILES string of the molecule is COc1ccc(Br)cc1CSC1=C(N2CCNCC2)NC2=CCCC=C2N1. The molecular weight excluding hydrogens is 424 g/mol. The maximum Gasteiger partial charge on any atom is 0.137 e. The third kappa shape index (κ3) is 4.31. The van der Waals surface area contributed by atoms with Gasteiger partial charge in [0.2, 0.25) is 0 Å². The van der Waals surface area contributed by atoms with Crippen molar-refractivity contribution in [3.05, 3.63) is 62.6 Å². The van der Waals surface area contributed by atoms with Crippen LogP contribution in [0.5, 0.6) is 5.75 Å². The number of hydrogen-bond donors (Lipinski definition) is 3.